The highest BCUT2D eigenvalue weighted by Gasteiger charge is 2.35. The summed E-state index contributed by atoms with van der Waals surface area (Å²) in [6.07, 6.45) is 2.15. The molecule has 1 aliphatic rings. The highest BCUT2D eigenvalue weighted by Crippen LogP contribution is 2.17. The van der Waals surface area contributed by atoms with Crippen molar-refractivity contribution in [3.05, 3.63) is 0 Å². The third kappa shape index (κ3) is 5.47. The van der Waals surface area contributed by atoms with E-state index in [4.69, 9.17) is 4.74 Å². The maximum Gasteiger partial charge on any atom is 0.324 e. The number of nitrogens with one attached hydrogen (secondary N) is 1. The normalized spacial score (nSPS) is 20.7. The fourth-order valence-electron chi connectivity index (χ4n) is 2.79. The van der Waals surface area contributed by atoms with Crippen molar-refractivity contribution in [3.63, 3.8) is 0 Å². The zero-order chi connectivity index (χ0) is 14.5. The summed E-state index contributed by atoms with van der Waals surface area (Å²) < 4.78 is 5.35. The fraction of sp³-hybridized carbons (Fsp3) is 0.929. The molecule has 1 fully saturated rings. The van der Waals surface area contributed by atoms with E-state index in [-0.39, 0.29) is 6.04 Å². The van der Waals surface area contributed by atoms with Crippen LogP contribution >= 0.6 is 0 Å². The average Bonchev–Trinajstić information content (AvgIpc) is 2.28. The van der Waals surface area contributed by atoms with Crippen molar-refractivity contribution in [2.45, 2.75) is 45.2 Å². The van der Waals surface area contributed by atoms with E-state index in [0.717, 1.165) is 32.6 Å². The molecule has 5 heteroatoms. The molecule has 0 aromatic rings. The van der Waals surface area contributed by atoms with Gasteiger partial charge in [-0.05, 0) is 46.6 Å². The van der Waals surface area contributed by atoms with E-state index in [2.05, 4.69) is 10.2 Å². The second-order valence-electron chi connectivity index (χ2n) is 6.19. The van der Waals surface area contributed by atoms with Crippen molar-refractivity contribution in [2.75, 3.05) is 33.4 Å². The van der Waals surface area contributed by atoms with Crippen LogP contribution in [0.15, 0.2) is 0 Å². The first-order valence-electron chi connectivity index (χ1n) is 7.11. The summed E-state index contributed by atoms with van der Waals surface area (Å²) in [7, 11) is 2.00. The van der Waals surface area contributed by atoms with Gasteiger partial charge in [-0.3, -0.25) is 10.1 Å². The molecule has 5 nitrogen and oxygen atoms in total. The van der Waals surface area contributed by atoms with Gasteiger partial charge in [0.05, 0.1) is 0 Å². The summed E-state index contributed by atoms with van der Waals surface area (Å²) in [6, 6.07) is 0.151. The molecular weight excluding hydrogens is 244 g/mol. The van der Waals surface area contributed by atoms with E-state index in [0.29, 0.717) is 12.5 Å². The molecule has 2 N–H and O–H groups in total. The topological polar surface area (TPSA) is 61.8 Å². The number of carbonyl (C=O) groups is 1. The Morgan fingerprint density at radius 3 is 2.53 bits per heavy atom. The van der Waals surface area contributed by atoms with Crippen LogP contribution in [0.4, 0.5) is 0 Å². The first kappa shape index (κ1) is 16.4. The summed E-state index contributed by atoms with van der Waals surface area (Å²) >= 11 is 0. The minimum Gasteiger partial charge on any atom is -0.480 e. The predicted molar refractivity (Wildman–Crippen MR) is 75.4 cm³/mol. The molecule has 0 saturated carbocycles. The van der Waals surface area contributed by atoms with Gasteiger partial charge in [-0.2, -0.15) is 0 Å². The molecule has 0 spiro atoms. The van der Waals surface area contributed by atoms with Crippen molar-refractivity contribution in [1.82, 2.24) is 10.2 Å². The molecular formula is C14H28N2O3. The molecule has 0 amide bonds. The standard InChI is InChI=1S/C14H28N2O3/c1-11(2)15-14(3,13(17)18)10-16(4)9-12-5-7-19-8-6-12/h11-12,15H,5-10H2,1-4H3,(H,17,18). The maximum absolute atomic E-state index is 11.5. The number of ether oxygens (including phenoxy) is 1. The summed E-state index contributed by atoms with van der Waals surface area (Å²) in [5.41, 5.74) is -0.895. The second-order valence-corrected chi connectivity index (χ2v) is 6.19. The van der Waals surface area contributed by atoms with Crippen molar-refractivity contribution in [3.8, 4) is 0 Å². The van der Waals surface area contributed by atoms with Gasteiger partial charge in [-0.25, -0.2) is 0 Å². The number of carboxylic acids is 1. The Hall–Kier alpha value is -0.650. The average molecular weight is 272 g/mol. The SMILES string of the molecule is CC(C)NC(C)(CN(C)CC1CCOCC1)C(=O)O. The van der Waals surface area contributed by atoms with Gasteiger partial charge in [0, 0.05) is 32.3 Å². The van der Waals surface area contributed by atoms with Crippen molar-refractivity contribution >= 4 is 5.97 Å². The van der Waals surface area contributed by atoms with E-state index < -0.39 is 11.5 Å². The van der Waals surface area contributed by atoms with Gasteiger partial charge >= 0.3 is 5.97 Å². The van der Waals surface area contributed by atoms with Gasteiger partial charge in [0.2, 0.25) is 0 Å². The van der Waals surface area contributed by atoms with Crippen molar-refractivity contribution in [1.29, 1.82) is 0 Å². The Bertz CT molecular complexity index is 290. The summed E-state index contributed by atoms with van der Waals surface area (Å²) in [5, 5.41) is 12.6. The Morgan fingerprint density at radius 1 is 1.47 bits per heavy atom. The van der Waals surface area contributed by atoms with Crippen LogP contribution in [0.3, 0.4) is 0 Å². The lowest BCUT2D eigenvalue weighted by molar-refractivity contribution is -0.145. The molecule has 0 bridgehead atoms. The van der Waals surface area contributed by atoms with Gasteiger partial charge in [0.15, 0.2) is 0 Å². The summed E-state index contributed by atoms with van der Waals surface area (Å²) in [5.74, 6) is -0.170. The number of hydrogen-bond donors (Lipinski definition) is 2. The van der Waals surface area contributed by atoms with Crippen LogP contribution in [0.25, 0.3) is 0 Å². The fourth-order valence-corrected chi connectivity index (χ4v) is 2.79. The van der Waals surface area contributed by atoms with Crippen molar-refractivity contribution < 1.29 is 14.6 Å². The van der Waals surface area contributed by atoms with Crippen LogP contribution < -0.4 is 5.32 Å². The Labute approximate surface area is 116 Å². The van der Waals surface area contributed by atoms with Crippen LogP contribution in [0.1, 0.15) is 33.6 Å². The maximum atomic E-state index is 11.5. The molecule has 0 aromatic heterocycles. The summed E-state index contributed by atoms with van der Waals surface area (Å²) in [6.45, 7) is 8.82. The predicted octanol–water partition coefficient (Wildman–Crippen LogP) is 1.19. The van der Waals surface area contributed by atoms with Crippen LogP contribution in [-0.4, -0.2) is 60.9 Å². The molecule has 1 saturated heterocycles. The Kier molecular flexibility index (Phi) is 6.23. The van der Waals surface area contributed by atoms with Gasteiger partial charge in [-0.1, -0.05) is 0 Å². The Balaban J connectivity index is 2.50. The molecule has 0 aromatic carbocycles. The number of hydrogen-bond acceptors (Lipinski definition) is 4. The Morgan fingerprint density at radius 2 is 2.05 bits per heavy atom. The molecule has 1 aliphatic heterocycles. The highest BCUT2D eigenvalue weighted by molar-refractivity contribution is 5.78. The first-order valence-corrected chi connectivity index (χ1v) is 7.11. The van der Waals surface area contributed by atoms with Gasteiger partial charge < -0.3 is 14.7 Å². The monoisotopic (exact) mass is 272 g/mol. The highest BCUT2D eigenvalue weighted by atomic mass is 16.5. The van der Waals surface area contributed by atoms with Gasteiger partial charge in [0.1, 0.15) is 5.54 Å². The third-order valence-electron chi connectivity index (χ3n) is 3.58. The molecule has 1 rings (SSSR count). The smallest absolute Gasteiger partial charge is 0.324 e. The zero-order valence-electron chi connectivity index (χ0n) is 12.6. The van der Waals surface area contributed by atoms with E-state index in [1.165, 1.54) is 0 Å². The van der Waals surface area contributed by atoms with Crippen LogP contribution in [0, 0.1) is 5.92 Å². The number of rotatable bonds is 7. The zero-order valence-corrected chi connectivity index (χ0v) is 12.6. The number of aliphatic carboxylic acids is 1. The quantitative estimate of drug-likeness (QED) is 0.729. The summed E-state index contributed by atoms with van der Waals surface area (Å²) in [4.78, 5) is 13.6. The number of nitrogens with zero attached hydrogens (tertiary/aromatic N) is 1. The molecule has 0 aliphatic carbocycles. The molecule has 1 heterocycles. The molecule has 0 radical (unpaired) electrons. The van der Waals surface area contributed by atoms with E-state index in [9.17, 15) is 9.90 Å². The van der Waals surface area contributed by atoms with Crippen molar-refractivity contribution in [2.24, 2.45) is 5.92 Å². The lowest BCUT2D eigenvalue weighted by atomic mass is 9.97. The van der Waals surface area contributed by atoms with Crippen LogP contribution in [0.2, 0.25) is 0 Å². The third-order valence-corrected chi connectivity index (χ3v) is 3.58. The van der Waals surface area contributed by atoms with Gasteiger partial charge in [0.25, 0.3) is 0 Å². The van der Waals surface area contributed by atoms with Crippen LogP contribution in [-0.2, 0) is 9.53 Å². The van der Waals surface area contributed by atoms with E-state index >= 15 is 0 Å². The lowest BCUT2D eigenvalue weighted by Crippen LogP contribution is -2.58. The second kappa shape index (κ2) is 7.22. The van der Waals surface area contributed by atoms with E-state index in [1.54, 1.807) is 6.92 Å². The number of likely N-dealkylation sites (N-methyl/N-ethyl adjacent to an activating group) is 1. The van der Waals surface area contributed by atoms with E-state index in [1.807, 2.05) is 20.9 Å². The van der Waals surface area contributed by atoms with Gasteiger partial charge in [-0.15, -0.1) is 0 Å². The minimum atomic E-state index is -0.895. The molecule has 1 unspecified atom stereocenters. The largest absolute Gasteiger partial charge is 0.480 e. The lowest BCUT2D eigenvalue weighted by Gasteiger charge is -2.35. The first-order chi connectivity index (χ1) is 8.83. The molecule has 1 atom stereocenters. The molecule has 19 heavy (non-hydrogen) atoms. The van der Waals surface area contributed by atoms with Crippen LogP contribution in [0.5, 0.6) is 0 Å². The number of carboxylic acid groups (broad SMARTS) is 1. The molecule has 112 valence electrons. The minimum absolute atomic E-state index is 0.151.